The van der Waals surface area contributed by atoms with Gasteiger partial charge in [-0.15, -0.1) is 9.24 Å². The Morgan fingerprint density at radius 2 is 2.22 bits per heavy atom. The minimum absolute atomic E-state index is 0.105. The molecule has 9 heavy (non-hydrogen) atoms. The standard InChI is InChI=1S/C6H14NOP/c1-5(2)3-7-6(8)4-9/h5H,3-4,9H2,1-2H3,(H,7,8). The van der Waals surface area contributed by atoms with Crippen molar-refractivity contribution in [1.82, 2.24) is 5.32 Å². The molecule has 0 bridgehead atoms. The fourth-order valence-electron chi connectivity index (χ4n) is 0.390. The third-order valence-electron chi connectivity index (χ3n) is 0.893. The molecule has 0 aromatic carbocycles. The van der Waals surface area contributed by atoms with Crippen LogP contribution in [0.15, 0.2) is 0 Å². The molecule has 1 amide bonds. The molecular weight excluding hydrogens is 133 g/mol. The Labute approximate surface area is 58.6 Å². The number of carbonyl (C=O) groups is 1. The Morgan fingerprint density at radius 1 is 1.67 bits per heavy atom. The van der Waals surface area contributed by atoms with Crippen molar-refractivity contribution in [2.45, 2.75) is 13.8 Å². The summed E-state index contributed by atoms with van der Waals surface area (Å²) >= 11 is 0. The van der Waals surface area contributed by atoms with Crippen LogP contribution in [0, 0.1) is 5.92 Å². The van der Waals surface area contributed by atoms with Crippen LogP contribution in [-0.4, -0.2) is 18.6 Å². The van der Waals surface area contributed by atoms with Crippen molar-refractivity contribution in [3.63, 3.8) is 0 Å². The van der Waals surface area contributed by atoms with Crippen molar-refractivity contribution in [3.8, 4) is 0 Å². The predicted octanol–water partition coefficient (Wildman–Crippen LogP) is 0.634. The van der Waals surface area contributed by atoms with Gasteiger partial charge in [-0.3, -0.25) is 4.79 Å². The molecule has 0 heterocycles. The minimum atomic E-state index is 0.105. The Bertz CT molecular complexity index is 93.1. The van der Waals surface area contributed by atoms with Crippen LogP contribution >= 0.6 is 9.24 Å². The lowest BCUT2D eigenvalue weighted by atomic mass is 10.2. The predicted molar refractivity (Wildman–Crippen MR) is 42.4 cm³/mol. The van der Waals surface area contributed by atoms with Crippen LogP contribution in [-0.2, 0) is 4.79 Å². The minimum Gasteiger partial charge on any atom is -0.356 e. The number of amides is 1. The van der Waals surface area contributed by atoms with E-state index in [-0.39, 0.29) is 5.91 Å². The van der Waals surface area contributed by atoms with Crippen molar-refractivity contribution in [1.29, 1.82) is 0 Å². The van der Waals surface area contributed by atoms with Crippen LogP contribution in [0.3, 0.4) is 0 Å². The molecule has 2 nitrogen and oxygen atoms in total. The van der Waals surface area contributed by atoms with Gasteiger partial charge >= 0.3 is 0 Å². The summed E-state index contributed by atoms with van der Waals surface area (Å²) in [5, 5.41) is 2.77. The highest BCUT2D eigenvalue weighted by atomic mass is 31.0. The molecule has 0 aliphatic rings. The van der Waals surface area contributed by atoms with E-state index in [9.17, 15) is 4.79 Å². The van der Waals surface area contributed by atoms with Gasteiger partial charge in [-0.05, 0) is 5.92 Å². The van der Waals surface area contributed by atoms with Crippen molar-refractivity contribution in [3.05, 3.63) is 0 Å². The summed E-state index contributed by atoms with van der Waals surface area (Å²) in [6.45, 7) is 4.93. The summed E-state index contributed by atoms with van der Waals surface area (Å²) in [6.07, 6.45) is 0.507. The first-order chi connectivity index (χ1) is 4.16. The van der Waals surface area contributed by atoms with Gasteiger partial charge in [0.2, 0.25) is 5.91 Å². The van der Waals surface area contributed by atoms with Gasteiger partial charge in [-0.1, -0.05) is 13.8 Å². The second-order valence-corrected chi connectivity index (χ2v) is 2.81. The zero-order valence-corrected chi connectivity index (χ0v) is 7.13. The van der Waals surface area contributed by atoms with Crippen LogP contribution in [0.4, 0.5) is 0 Å². The molecule has 1 atom stereocenters. The first-order valence-corrected chi connectivity index (χ1v) is 3.95. The maximum Gasteiger partial charge on any atom is 0.223 e. The van der Waals surface area contributed by atoms with Crippen LogP contribution in [0.2, 0.25) is 0 Å². The van der Waals surface area contributed by atoms with E-state index in [0.717, 1.165) is 6.54 Å². The highest BCUT2D eigenvalue weighted by Crippen LogP contribution is 1.87. The zero-order chi connectivity index (χ0) is 7.28. The molecule has 0 aromatic heterocycles. The molecule has 0 saturated carbocycles. The highest BCUT2D eigenvalue weighted by molar-refractivity contribution is 7.18. The maximum atomic E-state index is 10.6. The van der Waals surface area contributed by atoms with E-state index in [1.807, 2.05) is 0 Å². The molecule has 0 rings (SSSR count). The van der Waals surface area contributed by atoms with E-state index < -0.39 is 0 Å². The van der Waals surface area contributed by atoms with E-state index in [1.54, 1.807) is 0 Å². The first-order valence-electron chi connectivity index (χ1n) is 3.13. The normalized spacial score (nSPS) is 9.78. The van der Waals surface area contributed by atoms with Crippen LogP contribution in [0.1, 0.15) is 13.8 Å². The third-order valence-corrected chi connectivity index (χ3v) is 1.26. The van der Waals surface area contributed by atoms with E-state index in [0.29, 0.717) is 12.1 Å². The topological polar surface area (TPSA) is 29.1 Å². The second-order valence-electron chi connectivity index (χ2n) is 2.40. The molecule has 1 N–H and O–H groups in total. The molecule has 0 radical (unpaired) electrons. The largest absolute Gasteiger partial charge is 0.356 e. The van der Waals surface area contributed by atoms with Gasteiger partial charge in [0.05, 0.1) is 0 Å². The maximum absolute atomic E-state index is 10.6. The summed E-state index contributed by atoms with van der Waals surface area (Å²) in [7, 11) is 2.39. The second kappa shape index (κ2) is 4.75. The number of nitrogens with one attached hydrogen (secondary N) is 1. The van der Waals surface area contributed by atoms with Crippen molar-refractivity contribution < 1.29 is 4.79 Å². The Balaban J connectivity index is 3.17. The van der Waals surface area contributed by atoms with Crippen LogP contribution in [0.5, 0.6) is 0 Å². The number of hydrogen-bond acceptors (Lipinski definition) is 1. The lowest BCUT2D eigenvalue weighted by Crippen LogP contribution is -2.27. The Kier molecular flexibility index (Phi) is 4.70. The number of carbonyl (C=O) groups excluding carboxylic acids is 1. The lowest BCUT2D eigenvalue weighted by molar-refractivity contribution is -0.118. The lowest BCUT2D eigenvalue weighted by Gasteiger charge is -2.04. The summed E-state index contributed by atoms with van der Waals surface area (Å²) in [5.41, 5.74) is 0. The van der Waals surface area contributed by atoms with E-state index in [2.05, 4.69) is 28.4 Å². The molecular formula is C6H14NOP. The van der Waals surface area contributed by atoms with Gasteiger partial charge in [0.15, 0.2) is 0 Å². The third kappa shape index (κ3) is 5.78. The van der Waals surface area contributed by atoms with Gasteiger partial charge in [0.1, 0.15) is 0 Å². The monoisotopic (exact) mass is 147 g/mol. The van der Waals surface area contributed by atoms with Gasteiger partial charge < -0.3 is 5.32 Å². The van der Waals surface area contributed by atoms with Gasteiger partial charge in [0, 0.05) is 12.7 Å². The molecule has 0 aliphatic carbocycles. The van der Waals surface area contributed by atoms with E-state index >= 15 is 0 Å². The fraction of sp³-hybridized carbons (Fsp3) is 0.833. The van der Waals surface area contributed by atoms with E-state index in [4.69, 9.17) is 0 Å². The summed E-state index contributed by atoms with van der Waals surface area (Å²) in [6, 6.07) is 0. The van der Waals surface area contributed by atoms with Crippen molar-refractivity contribution in [2.24, 2.45) is 5.92 Å². The molecule has 0 spiro atoms. The quantitative estimate of drug-likeness (QED) is 0.583. The first kappa shape index (κ1) is 8.90. The Morgan fingerprint density at radius 3 is 2.56 bits per heavy atom. The smallest absolute Gasteiger partial charge is 0.223 e. The summed E-state index contributed by atoms with van der Waals surface area (Å²) in [4.78, 5) is 10.6. The fourth-order valence-corrected chi connectivity index (χ4v) is 0.534. The molecule has 54 valence electrons. The van der Waals surface area contributed by atoms with Gasteiger partial charge in [0.25, 0.3) is 0 Å². The highest BCUT2D eigenvalue weighted by Gasteiger charge is 1.96. The molecule has 0 aromatic rings. The molecule has 0 saturated heterocycles. The molecule has 0 aliphatic heterocycles. The SMILES string of the molecule is CC(C)CNC(=O)CP. The van der Waals surface area contributed by atoms with Gasteiger partial charge in [-0.25, -0.2) is 0 Å². The average Bonchev–Trinajstić information content (AvgIpc) is 1.83. The van der Waals surface area contributed by atoms with Crippen LogP contribution in [0.25, 0.3) is 0 Å². The van der Waals surface area contributed by atoms with Crippen LogP contribution < -0.4 is 5.32 Å². The average molecular weight is 147 g/mol. The molecule has 1 unspecified atom stereocenters. The molecule has 3 heteroatoms. The zero-order valence-electron chi connectivity index (χ0n) is 5.98. The number of hydrogen-bond donors (Lipinski definition) is 1. The number of rotatable bonds is 3. The molecule has 0 fully saturated rings. The summed E-state index contributed by atoms with van der Waals surface area (Å²) in [5.74, 6) is 0.652. The van der Waals surface area contributed by atoms with Crippen molar-refractivity contribution in [2.75, 3.05) is 12.7 Å². The van der Waals surface area contributed by atoms with E-state index in [1.165, 1.54) is 0 Å². The van der Waals surface area contributed by atoms with Gasteiger partial charge in [-0.2, -0.15) is 0 Å². The van der Waals surface area contributed by atoms with Crippen molar-refractivity contribution >= 4 is 15.1 Å². The Hall–Kier alpha value is -0.100. The summed E-state index contributed by atoms with van der Waals surface area (Å²) < 4.78 is 0.